The number of benzene rings is 1. The lowest BCUT2D eigenvalue weighted by molar-refractivity contribution is 0.366. The zero-order valence-corrected chi connectivity index (χ0v) is 10.7. The average Bonchev–Trinajstić information content (AvgIpc) is 2.25. The van der Waals surface area contributed by atoms with Gasteiger partial charge in [-0.25, -0.2) is 4.39 Å². The lowest BCUT2D eigenvalue weighted by Crippen LogP contribution is -2.20. The summed E-state index contributed by atoms with van der Waals surface area (Å²) in [6.07, 6.45) is 1.03. The second-order valence-corrected chi connectivity index (χ2v) is 5.38. The highest BCUT2D eigenvalue weighted by Gasteiger charge is 2.10. The number of nitrogens with one attached hydrogen (secondary N) is 1. The van der Waals surface area contributed by atoms with Gasteiger partial charge in [-0.2, -0.15) is 5.26 Å². The van der Waals surface area contributed by atoms with Gasteiger partial charge in [0.2, 0.25) is 0 Å². The fourth-order valence-electron chi connectivity index (χ4n) is 1.49. The van der Waals surface area contributed by atoms with Gasteiger partial charge in [0.1, 0.15) is 11.9 Å². The fourth-order valence-corrected chi connectivity index (χ4v) is 1.49. The Labute approximate surface area is 102 Å². The van der Waals surface area contributed by atoms with Gasteiger partial charge in [0.05, 0.1) is 5.56 Å². The van der Waals surface area contributed by atoms with Gasteiger partial charge in [0, 0.05) is 12.1 Å². The summed E-state index contributed by atoms with van der Waals surface area (Å²) in [7, 11) is 0. The summed E-state index contributed by atoms with van der Waals surface area (Å²) in [5.74, 6) is -0.404. The van der Waals surface area contributed by atoms with Crippen molar-refractivity contribution in [2.75, 3.05) is 6.54 Å². The Hall–Kier alpha value is -1.40. The fraction of sp³-hybridized carbons (Fsp3) is 0.500. The predicted octanol–water partition coefficient (Wildman–Crippen LogP) is 3.22. The van der Waals surface area contributed by atoms with Crippen molar-refractivity contribution in [1.29, 1.82) is 5.26 Å². The van der Waals surface area contributed by atoms with E-state index >= 15 is 0 Å². The highest BCUT2D eigenvalue weighted by Crippen LogP contribution is 2.17. The zero-order valence-electron chi connectivity index (χ0n) is 10.7. The quantitative estimate of drug-likeness (QED) is 0.812. The van der Waals surface area contributed by atoms with Crippen molar-refractivity contribution in [3.63, 3.8) is 0 Å². The van der Waals surface area contributed by atoms with Crippen molar-refractivity contribution in [1.82, 2.24) is 5.32 Å². The first kappa shape index (κ1) is 13.7. The van der Waals surface area contributed by atoms with Crippen LogP contribution in [0, 0.1) is 22.6 Å². The van der Waals surface area contributed by atoms with E-state index in [4.69, 9.17) is 5.26 Å². The van der Waals surface area contributed by atoms with Gasteiger partial charge in [0.15, 0.2) is 0 Å². The first-order valence-corrected chi connectivity index (χ1v) is 5.82. The number of hydrogen-bond acceptors (Lipinski definition) is 2. The first-order chi connectivity index (χ1) is 7.94. The van der Waals surface area contributed by atoms with Crippen LogP contribution in [0.25, 0.3) is 0 Å². The van der Waals surface area contributed by atoms with E-state index < -0.39 is 5.82 Å². The van der Waals surface area contributed by atoms with Crippen molar-refractivity contribution in [2.45, 2.75) is 33.7 Å². The maximum Gasteiger partial charge on any atom is 0.145 e. The van der Waals surface area contributed by atoms with Gasteiger partial charge < -0.3 is 5.32 Å². The molecule has 0 radical (unpaired) electrons. The molecule has 0 atom stereocenters. The minimum atomic E-state index is -0.404. The summed E-state index contributed by atoms with van der Waals surface area (Å²) >= 11 is 0. The number of nitrogens with zero attached hydrogens (tertiary/aromatic N) is 1. The lowest BCUT2D eigenvalue weighted by atomic mass is 9.92. The van der Waals surface area contributed by atoms with E-state index in [0.29, 0.717) is 12.1 Å². The molecule has 3 heteroatoms. The van der Waals surface area contributed by atoms with E-state index in [2.05, 4.69) is 26.1 Å². The minimum absolute atomic E-state index is 0.111. The van der Waals surface area contributed by atoms with Gasteiger partial charge in [-0.1, -0.05) is 32.9 Å². The molecule has 0 saturated carbocycles. The van der Waals surface area contributed by atoms with Crippen LogP contribution < -0.4 is 5.32 Å². The van der Waals surface area contributed by atoms with Crippen molar-refractivity contribution in [2.24, 2.45) is 5.41 Å². The molecule has 0 aliphatic heterocycles. The molecule has 0 aliphatic rings. The van der Waals surface area contributed by atoms with Gasteiger partial charge in [0.25, 0.3) is 0 Å². The normalized spacial score (nSPS) is 11.2. The van der Waals surface area contributed by atoms with Crippen LogP contribution in [0.5, 0.6) is 0 Å². The van der Waals surface area contributed by atoms with Crippen LogP contribution in [0.3, 0.4) is 0 Å². The summed E-state index contributed by atoms with van der Waals surface area (Å²) < 4.78 is 13.7. The molecular formula is C14H19FN2. The molecule has 0 aromatic heterocycles. The molecule has 0 amide bonds. The largest absolute Gasteiger partial charge is 0.313 e. The van der Waals surface area contributed by atoms with E-state index in [1.807, 2.05) is 6.07 Å². The van der Waals surface area contributed by atoms with Crippen LogP contribution >= 0.6 is 0 Å². The van der Waals surface area contributed by atoms with Crippen LogP contribution in [0.4, 0.5) is 4.39 Å². The maximum atomic E-state index is 13.7. The topological polar surface area (TPSA) is 35.8 Å². The van der Waals surface area contributed by atoms with Crippen LogP contribution in [0.15, 0.2) is 18.2 Å². The second-order valence-electron chi connectivity index (χ2n) is 5.38. The van der Waals surface area contributed by atoms with Crippen molar-refractivity contribution in [3.05, 3.63) is 35.1 Å². The molecule has 17 heavy (non-hydrogen) atoms. The summed E-state index contributed by atoms with van der Waals surface area (Å²) in [4.78, 5) is 0. The molecule has 0 fully saturated rings. The molecule has 1 N–H and O–H groups in total. The molecule has 92 valence electrons. The molecule has 1 rings (SSSR count). The number of nitriles is 1. The number of rotatable bonds is 4. The minimum Gasteiger partial charge on any atom is -0.313 e. The van der Waals surface area contributed by atoms with Crippen molar-refractivity contribution in [3.8, 4) is 6.07 Å². The molecule has 0 aliphatic carbocycles. The molecule has 1 aromatic carbocycles. The zero-order chi connectivity index (χ0) is 12.9. The van der Waals surface area contributed by atoms with E-state index in [1.54, 1.807) is 12.1 Å². The summed E-state index contributed by atoms with van der Waals surface area (Å²) in [6.45, 7) is 7.83. The summed E-state index contributed by atoms with van der Waals surface area (Å²) in [5.41, 5.74) is 0.943. The Bertz CT molecular complexity index is 413. The van der Waals surface area contributed by atoms with Crippen molar-refractivity contribution < 1.29 is 4.39 Å². The van der Waals surface area contributed by atoms with Gasteiger partial charge in [-0.15, -0.1) is 0 Å². The third kappa shape index (κ3) is 4.54. The van der Waals surface area contributed by atoms with Gasteiger partial charge >= 0.3 is 0 Å². The second kappa shape index (κ2) is 5.79. The first-order valence-electron chi connectivity index (χ1n) is 5.82. The Morgan fingerprint density at radius 3 is 2.65 bits per heavy atom. The maximum absolute atomic E-state index is 13.7. The predicted molar refractivity (Wildman–Crippen MR) is 66.9 cm³/mol. The number of hydrogen-bond donors (Lipinski definition) is 1. The molecule has 1 aromatic rings. The summed E-state index contributed by atoms with van der Waals surface area (Å²) in [5, 5.41) is 11.9. The Morgan fingerprint density at radius 2 is 2.06 bits per heavy atom. The number of halogens is 1. The third-order valence-corrected chi connectivity index (χ3v) is 2.57. The summed E-state index contributed by atoms with van der Waals surface area (Å²) in [6, 6.07) is 6.76. The monoisotopic (exact) mass is 234 g/mol. The Morgan fingerprint density at radius 1 is 1.35 bits per heavy atom. The lowest BCUT2D eigenvalue weighted by Gasteiger charge is -2.18. The van der Waals surface area contributed by atoms with E-state index in [1.165, 1.54) is 6.07 Å². The van der Waals surface area contributed by atoms with E-state index in [9.17, 15) is 4.39 Å². The molecule has 0 unspecified atom stereocenters. The van der Waals surface area contributed by atoms with E-state index in [-0.39, 0.29) is 11.0 Å². The Kier molecular flexibility index (Phi) is 4.65. The van der Waals surface area contributed by atoms with Crippen LogP contribution in [-0.2, 0) is 6.54 Å². The van der Waals surface area contributed by atoms with Gasteiger partial charge in [-0.05, 0) is 24.4 Å². The molecule has 0 heterocycles. The van der Waals surface area contributed by atoms with E-state index in [0.717, 1.165) is 13.0 Å². The smallest absolute Gasteiger partial charge is 0.145 e. The van der Waals surface area contributed by atoms with Gasteiger partial charge in [-0.3, -0.25) is 0 Å². The standard InChI is InChI=1S/C14H19FN2/c1-14(2,3)7-8-17-10-12-6-4-5-11(9-16)13(12)15/h4-6,17H,7-8,10H2,1-3H3. The average molecular weight is 234 g/mol. The Balaban J connectivity index is 2.51. The molecule has 0 bridgehead atoms. The van der Waals surface area contributed by atoms with Crippen molar-refractivity contribution >= 4 is 0 Å². The molecule has 0 spiro atoms. The third-order valence-electron chi connectivity index (χ3n) is 2.57. The molecule has 0 saturated heterocycles. The highest BCUT2D eigenvalue weighted by atomic mass is 19.1. The van der Waals surface area contributed by atoms with Crippen LogP contribution in [0.2, 0.25) is 0 Å². The highest BCUT2D eigenvalue weighted by molar-refractivity contribution is 5.34. The van der Waals surface area contributed by atoms with Crippen LogP contribution in [-0.4, -0.2) is 6.54 Å². The molecular weight excluding hydrogens is 215 g/mol. The SMILES string of the molecule is CC(C)(C)CCNCc1cccc(C#N)c1F. The van der Waals surface area contributed by atoms with Crippen LogP contribution in [0.1, 0.15) is 38.3 Å². The molecule has 2 nitrogen and oxygen atoms in total.